The number of furan rings is 1. The van der Waals surface area contributed by atoms with Crippen molar-refractivity contribution in [1.82, 2.24) is 5.32 Å². The van der Waals surface area contributed by atoms with Crippen LogP contribution in [0.5, 0.6) is 0 Å². The highest BCUT2D eigenvalue weighted by Crippen LogP contribution is 2.13. The Kier molecular flexibility index (Phi) is 5.11. The molecule has 1 rings (SSSR count). The zero-order valence-electron chi connectivity index (χ0n) is 7.88. The second kappa shape index (κ2) is 6.14. The van der Waals surface area contributed by atoms with E-state index in [2.05, 4.69) is 21.2 Å². The van der Waals surface area contributed by atoms with E-state index in [9.17, 15) is 4.79 Å². The molecule has 0 aliphatic carbocycles. The molecule has 0 aliphatic heterocycles. The van der Waals surface area contributed by atoms with Gasteiger partial charge in [0.1, 0.15) is 0 Å². The van der Waals surface area contributed by atoms with E-state index >= 15 is 0 Å². The zero-order valence-corrected chi connectivity index (χ0v) is 10.3. The Morgan fingerprint density at radius 1 is 1.64 bits per heavy atom. The van der Waals surface area contributed by atoms with Crippen LogP contribution in [0.4, 0.5) is 0 Å². The molecule has 0 aromatic carbocycles. The van der Waals surface area contributed by atoms with Gasteiger partial charge < -0.3 is 9.73 Å². The molecular weight excluding hydrogens is 266 g/mol. The van der Waals surface area contributed by atoms with Crippen LogP contribution >= 0.6 is 27.7 Å². The van der Waals surface area contributed by atoms with Gasteiger partial charge in [-0.25, -0.2) is 0 Å². The molecular formula is C9H12BrNO2S. The average Bonchev–Trinajstić information content (AvgIpc) is 2.59. The SMILES string of the molecule is CSCCCNC(=O)c1ccc(Br)o1. The van der Waals surface area contributed by atoms with Gasteiger partial charge in [-0.05, 0) is 46.5 Å². The van der Waals surface area contributed by atoms with E-state index in [0.29, 0.717) is 17.0 Å². The molecule has 1 N–H and O–H groups in total. The van der Waals surface area contributed by atoms with Gasteiger partial charge in [0, 0.05) is 6.54 Å². The van der Waals surface area contributed by atoms with Crippen molar-refractivity contribution >= 4 is 33.6 Å². The Labute approximate surface area is 95.8 Å². The summed E-state index contributed by atoms with van der Waals surface area (Å²) in [7, 11) is 0. The predicted octanol–water partition coefficient (Wildman–Crippen LogP) is 2.53. The van der Waals surface area contributed by atoms with Gasteiger partial charge in [-0.2, -0.15) is 11.8 Å². The molecule has 1 aromatic rings. The highest BCUT2D eigenvalue weighted by Gasteiger charge is 2.08. The van der Waals surface area contributed by atoms with Crippen molar-refractivity contribution in [3.63, 3.8) is 0 Å². The van der Waals surface area contributed by atoms with Gasteiger partial charge in [0.2, 0.25) is 0 Å². The minimum absolute atomic E-state index is 0.156. The third kappa shape index (κ3) is 3.75. The normalized spacial score (nSPS) is 10.1. The summed E-state index contributed by atoms with van der Waals surface area (Å²) in [5.74, 6) is 1.25. The molecule has 0 radical (unpaired) electrons. The van der Waals surface area contributed by atoms with Gasteiger partial charge in [-0.15, -0.1) is 0 Å². The van der Waals surface area contributed by atoms with Crippen molar-refractivity contribution in [3.05, 3.63) is 22.6 Å². The van der Waals surface area contributed by atoms with Gasteiger partial charge in [0.25, 0.3) is 5.91 Å². The monoisotopic (exact) mass is 277 g/mol. The van der Waals surface area contributed by atoms with Gasteiger partial charge in [-0.1, -0.05) is 0 Å². The molecule has 14 heavy (non-hydrogen) atoms. The number of amides is 1. The summed E-state index contributed by atoms with van der Waals surface area (Å²) in [6.45, 7) is 0.692. The van der Waals surface area contributed by atoms with Crippen LogP contribution in [0.15, 0.2) is 21.2 Å². The fourth-order valence-electron chi connectivity index (χ4n) is 0.942. The number of carbonyl (C=O) groups excluding carboxylic acids is 1. The summed E-state index contributed by atoms with van der Waals surface area (Å²) < 4.78 is 5.68. The van der Waals surface area contributed by atoms with E-state index in [0.717, 1.165) is 12.2 Å². The largest absolute Gasteiger partial charge is 0.444 e. The minimum Gasteiger partial charge on any atom is -0.444 e. The molecule has 1 amide bonds. The molecule has 1 aromatic heterocycles. The lowest BCUT2D eigenvalue weighted by Crippen LogP contribution is -2.24. The molecule has 0 unspecified atom stereocenters. The third-order valence-electron chi connectivity index (χ3n) is 1.61. The Morgan fingerprint density at radius 3 is 3.00 bits per heavy atom. The highest BCUT2D eigenvalue weighted by atomic mass is 79.9. The number of halogens is 1. The number of hydrogen-bond acceptors (Lipinski definition) is 3. The van der Waals surface area contributed by atoms with Crippen molar-refractivity contribution in [2.75, 3.05) is 18.6 Å². The first-order chi connectivity index (χ1) is 6.74. The maximum Gasteiger partial charge on any atom is 0.287 e. The van der Waals surface area contributed by atoms with Crippen LogP contribution in [0.25, 0.3) is 0 Å². The van der Waals surface area contributed by atoms with Crippen LogP contribution in [-0.4, -0.2) is 24.5 Å². The number of nitrogens with one attached hydrogen (secondary N) is 1. The molecule has 0 saturated heterocycles. The van der Waals surface area contributed by atoms with E-state index in [1.54, 1.807) is 23.9 Å². The molecule has 0 atom stereocenters. The fourth-order valence-corrected chi connectivity index (χ4v) is 1.68. The predicted molar refractivity (Wildman–Crippen MR) is 61.7 cm³/mol. The smallest absolute Gasteiger partial charge is 0.287 e. The lowest BCUT2D eigenvalue weighted by Gasteiger charge is -2.01. The van der Waals surface area contributed by atoms with E-state index in [1.807, 2.05) is 6.26 Å². The molecule has 1 heterocycles. The molecule has 0 spiro atoms. The second-order valence-corrected chi connectivity index (χ2v) is 4.47. The average molecular weight is 278 g/mol. The highest BCUT2D eigenvalue weighted by molar-refractivity contribution is 9.10. The number of rotatable bonds is 5. The van der Waals surface area contributed by atoms with Crippen LogP contribution in [0.3, 0.4) is 0 Å². The maximum absolute atomic E-state index is 11.4. The van der Waals surface area contributed by atoms with Crippen molar-refractivity contribution in [1.29, 1.82) is 0 Å². The summed E-state index contributed by atoms with van der Waals surface area (Å²) in [4.78, 5) is 11.4. The molecule has 78 valence electrons. The Morgan fingerprint density at radius 2 is 2.43 bits per heavy atom. The summed E-state index contributed by atoms with van der Waals surface area (Å²) in [6.07, 6.45) is 3.03. The quantitative estimate of drug-likeness (QED) is 0.841. The van der Waals surface area contributed by atoms with Crippen LogP contribution < -0.4 is 5.32 Å². The Bertz CT molecular complexity index is 301. The van der Waals surface area contributed by atoms with Crippen LogP contribution in [-0.2, 0) is 0 Å². The van der Waals surface area contributed by atoms with E-state index < -0.39 is 0 Å². The molecule has 0 saturated carbocycles. The topological polar surface area (TPSA) is 42.2 Å². The second-order valence-electron chi connectivity index (χ2n) is 2.71. The molecule has 0 aliphatic rings. The lowest BCUT2D eigenvalue weighted by molar-refractivity contribution is 0.0925. The van der Waals surface area contributed by atoms with Crippen LogP contribution in [0.1, 0.15) is 17.0 Å². The van der Waals surface area contributed by atoms with E-state index in [4.69, 9.17) is 4.42 Å². The van der Waals surface area contributed by atoms with E-state index in [-0.39, 0.29) is 5.91 Å². The van der Waals surface area contributed by atoms with Gasteiger partial charge >= 0.3 is 0 Å². The van der Waals surface area contributed by atoms with Crippen molar-refractivity contribution < 1.29 is 9.21 Å². The number of thioether (sulfide) groups is 1. The van der Waals surface area contributed by atoms with Crippen LogP contribution in [0, 0.1) is 0 Å². The fraction of sp³-hybridized carbons (Fsp3) is 0.444. The lowest BCUT2D eigenvalue weighted by atomic mass is 10.4. The summed E-state index contributed by atoms with van der Waals surface area (Å²) in [5, 5.41) is 2.78. The standard InChI is InChI=1S/C9H12BrNO2S/c1-14-6-2-5-11-9(12)7-3-4-8(10)13-7/h3-4H,2,5-6H2,1H3,(H,11,12). The van der Waals surface area contributed by atoms with Crippen LogP contribution in [0.2, 0.25) is 0 Å². The molecule has 0 fully saturated rings. The Hall–Kier alpha value is -0.420. The minimum atomic E-state index is -0.156. The van der Waals surface area contributed by atoms with Crippen molar-refractivity contribution in [2.45, 2.75) is 6.42 Å². The van der Waals surface area contributed by atoms with Gasteiger partial charge in [0.05, 0.1) is 0 Å². The number of carbonyl (C=O) groups is 1. The first-order valence-corrected chi connectivity index (χ1v) is 6.45. The molecule has 5 heteroatoms. The first kappa shape index (κ1) is 11.7. The van der Waals surface area contributed by atoms with E-state index in [1.165, 1.54) is 0 Å². The van der Waals surface area contributed by atoms with Crippen molar-refractivity contribution in [3.8, 4) is 0 Å². The molecule has 0 bridgehead atoms. The van der Waals surface area contributed by atoms with Crippen molar-refractivity contribution in [2.24, 2.45) is 0 Å². The van der Waals surface area contributed by atoms with Gasteiger partial charge in [0.15, 0.2) is 10.4 Å². The number of hydrogen-bond donors (Lipinski definition) is 1. The summed E-state index contributed by atoms with van der Waals surface area (Å²) >= 11 is 4.91. The summed E-state index contributed by atoms with van der Waals surface area (Å²) in [6, 6.07) is 3.35. The summed E-state index contributed by atoms with van der Waals surface area (Å²) in [5.41, 5.74) is 0. The maximum atomic E-state index is 11.4. The molecule has 3 nitrogen and oxygen atoms in total. The Balaban J connectivity index is 2.29. The first-order valence-electron chi connectivity index (χ1n) is 4.26. The van der Waals surface area contributed by atoms with Gasteiger partial charge in [-0.3, -0.25) is 4.79 Å². The third-order valence-corrected chi connectivity index (χ3v) is 2.73. The zero-order chi connectivity index (χ0) is 10.4.